The van der Waals surface area contributed by atoms with Crippen molar-refractivity contribution in [2.45, 2.75) is 33.1 Å². The van der Waals surface area contributed by atoms with Crippen LogP contribution in [0.1, 0.15) is 37.3 Å². The molecule has 2 heteroatoms. The molecule has 0 aliphatic heterocycles. The number of rotatable bonds is 6. The Morgan fingerprint density at radius 1 is 1.12 bits per heavy atom. The Hall–Kier alpha value is -1.70. The number of carbonyl (C=O) groups is 2. The van der Waals surface area contributed by atoms with Gasteiger partial charge < -0.3 is 0 Å². The van der Waals surface area contributed by atoms with Crippen LogP contribution < -0.4 is 0 Å². The van der Waals surface area contributed by atoms with Gasteiger partial charge in [-0.1, -0.05) is 42.8 Å². The molecule has 0 radical (unpaired) electrons. The molecule has 17 heavy (non-hydrogen) atoms. The molecular formula is C15H18O2. The Morgan fingerprint density at radius 3 is 2.35 bits per heavy atom. The third-order valence-corrected chi connectivity index (χ3v) is 2.58. The SMILES string of the molecule is CCC(=O)CCC(=O)/C=C/c1ccc(C)cc1. The van der Waals surface area contributed by atoms with Crippen molar-refractivity contribution in [2.24, 2.45) is 0 Å². The highest BCUT2D eigenvalue weighted by Crippen LogP contribution is 2.06. The first kappa shape index (κ1) is 13.4. The number of aryl methyl sites for hydroxylation is 1. The maximum Gasteiger partial charge on any atom is 0.156 e. The smallest absolute Gasteiger partial charge is 0.156 e. The number of carbonyl (C=O) groups excluding carboxylic acids is 2. The minimum atomic E-state index is 0.00683. The van der Waals surface area contributed by atoms with E-state index in [-0.39, 0.29) is 11.6 Å². The Labute approximate surface area is 102 Å². The summed E-state index contributed by atoms with van der Waals surface area (Å²) in [6.45, 7) is 3.84. The van der Waals surface area contributed by atoms with Crippen LogP contribution in [-0.2, 0) is 9.59 Å². The monoisotopic (exact) mass is 230 g/mol. The van der Waals surface area contributed by atoms with E-state index in [1.807, 2.05) is 38.1 Å². The highest BCUT2D eigenvalue weighted by Gasteiger charge is 2.02. The summed E-state index contributed by atoms with van der Waals surface area (Å²) in [6, 6.07) is 7.95. The maximum atomic E-state index is 11.5. The lowest BCUT2D eigenvalue weighted by Gasteiger charge is -1.96. The van der Waals surface area contributed by atoms with Gasteiger partial charge in [-0.25, -0.2) is 0 Å². The van der Waals surface area contributed by atoms with E-state index in [9.17, 15) is 9.59 Å². The van der Waals surface area contributed by atoms with E-state index >= 15 is 0 Å². The van der Waals surface area contributed by atoms with Crippen molar-refractivity contribution in [1.29, 1.82) is 0 Å². The number of hydrogen-bond donors (Lipinski definition) is 0. The fourth-order valence-electron chi connectivity index (χ4n) is 1.39. The third kappa shape index (κ3) is 5.25. The van der Waals surface area contributed by atoms with Crippen LogP contribution in [0.2, 0.25) is 0 Å². The second-order valence-corrected chi connectivity index (χ2v) is 4.10. The molecule has 0 amide bonds. The van der Waals surface area contributed by atoms with E-state index in [1.165, 1.54) is 5.56 Å². The molecule has 0 saturated carbocycles. The van der Waals surface area contributed by atoms with Gasteiger partial charge in [0.1, 0.15) is 5.78 Å². The Balaban J connectivity index is 2.45. The molecule has 0 N–H and O–H groups in total. The molecule has 0 aliphatic carbocycles. The zero-order chi connectivity index (χ0) is 12.7. The summed E-state index contributed by atoms with van der Waals surface area (Å²) < 4.78 is 0. The summed E-state index contributed by atoms with van der Waals surface area (Å²) in [4.78, 5) is 22.5. The lowest BCUT2D eigenvalue weighted by Crippen LogP contribution is -2.00. The van der Waals surface area contributed by atoms with Crippen LogP contribution in [-0.4, -0.2) is 11.6 Å². The average Bonchev–Trinajstić information content (AvgIpc) is 2.35. The molecule has 0 spiro atoms. The summed E-state index contributed by atoms with van der Waals surface area (Å²) in [6.07, 6.45) is 4.52. The second-order valence-electron chi connectivity index (χ2n) is 4.10. The van der Waals surface area contributed by atoms with Gasteiger partial charge in [-0.2, -0.15) is 0 Å². The molecule has 0 aliphatic rings. The molecule has 0 fully saturated rings. The van der Waals surface area contributed by atoms with Crippen LogP contribution in [0.4, 0.5) is 0 Å². The first-order valence-corrected chi connectivity index (χ1v) is 5.91. The Kier molecular flexibility index (Phi) is 5.34. The highest BCUT2D eigenvalue weighted by molar-refractivity contribution is 5.95. The van der Waals surface area contributed by atoms with E-state index in [2.05, 4.69) is 0 Å². The zero-order valence-electron chi connectivity index (χ0n) is 10.4. The lowest BCUT2D eigenvalue weighted by atomic mass is 10.1. The van der Waals surface area contributed by atoms with Crippen LogP contribution >= 0.6 is 0 Å². The maximum absolute atomic E-state index is 11.5. The van der Waals surface area contributed by atoms with Crippen molar-refractivity contribution >= 4 is 17.6 Å². The van der Waals surface area contributed by atoms with Crippen LogP contribution in [0.25, 0.3) is 6.08 Å². The van der Waals surface area contributed by atoms with Crippen LogP contribution in [0.3, 0.4) is 0 Å². The summed E-state index contributed by atoms with van der Waals surface area (Å²) in [7, 11) is 0. The van der Waals surface area contributed by atoms with Gasteiger partial charge in [0.2, 0.25) is 0 Å². The minimum Gasteiger partial charge on any atom is -0.300 e. The van der Waals surface area contributed by atoms with Gasteiger partial charge in [0.25, 0.3) is 0 Å². The third-order valence-electron chi connectivity index (χ3n) is 2.58. The van der Waals surface area contributed by atoms with Crippen molar-refractivity contribution < 1.29 is 9.59 Å². The fraction of sp³-hybridized carbons (Fsp3) is 0.333. The molecule has 1 rings (SSSR count). The Bertz CT molecular complexity index is 413. The standard InChI is InChI=1S/C15H18O2/c1-3-14(16)10-11-15(17)9-8-13-6-4-12(2)5-7-13/h4-9H,3,10-11H2,1-2H3/b9-8+. The molecule has 1 aromatic carbocycles. The molecular weight excluding hydrogens is 212 g/mol. The van der Waals surface area contributed by atoms with E-state index in [1.54, 1.807) is 12.2 Å². The van der Waals surface area contributed by atoms with Crippen LogP contribution in [0.5, 0.6) is 0 Å². The number of ketones is 2. The van der Waals surface area contributed by atoms with Crippen molar-refractivity contribution in [2.75, 3.05) is 0 Å². The van der Waals surface area contributed by atoms with Gasteiger partial charge in [0.05, 0.1) is 0 Å². The van der Waals surface area contributed by atoms with Gasteiger partial charge in [-0.05, 0) is 18.6 Å². The normalized spacial score (nSPS) is 10.7. The van der Waals surface area contributed by atoms with Crippen molar-refractivity contribution in [3.8, 4) is 0 Å². The molecule has 0 bridgehead atoms. The van der Waals surface area contributed by atoms with Crippen molar-refractivity contribution in [3.63, 3.8) is 0 Å². The summed E-state index contributed by atoms with van der Waals surface area (Å²) >= 11 is 0. The molecule has 90 valence electrons. The van der Waals surface area contributed by atoms with Crippen molar-refractivity contribution in [1.82, 2.24) is 0 Å². The van der Waals surface area contributed by atoms with Gasteiger partial charge in [-0.3, -0.25) is 9.59 Å². The second kappa shape index (κ2) is 6.79. The number of benzene rings is 1. The minimum absolute atomic E-state index is 0.00683. The van der Waals surface area contributed by atoms with Gasteiger partial charge in [0.15, 0.2) is 5.78 Å². The van der Waals surface area contributed by atoms with Crippen LogP contribution in [0.15, 0.2) is 30.3 Å². The quantitative estimate of drug-likeness (QED) is 0.702. The highest BCUT2D eigenvalue weighted by atomic mass is 16.1. The molecule has 0 atom stereocenters. The van der Waals surface area contributed by atoms with Crippen LogP contribution in [0, 0.1) is 6.92 Å². The topological polar surface area (TPSA) is 34.1 Å². The van der Waals surface area contributed by atoms with Gasteiger partial charge in [-0.15, -0.1) is 0 Å². The number of Topliss-reactive ketones (excluding diaryl/α,β-unsaturated/α-hetero) is 1. The molecule has 1 aromatic rings. The Morgan fingerprint density at radius 2 is 1.76 bits per heavy atom. The van der Waals surface area contributed by atoms with Gasteiger partial charge in [0, 0.05) is 19.3 Å². The predicted octanol–water partition coefficient (Wildman–Crippen LogP) is 3.34. The first-order chi connectivity index (χ1) is 8.11. The van der Waals surface area contributed by atoms with E-state index in [4.69, 9.17) is 0 Å². The first-order valence-electron chi connectivity index (χ1n) is 5.91. The van der Waals surface area contributed by atoms with Crippen molar-refractivity contribution in [3.05, 3.63) is 41.5 Å². The predicted molar refractivity (Wildman–Crippen MR) is 69.8 cm³/mol. The summed E-state index contributed by atoms with van der Waals surface area (Å²) in [5.41, 5.74) is 2.20. The van der Waals surface area contributed by atoms with E-state index in [0.29, 0.717) is 19.3 Å². The summed E-state index contributed by atoms with van der Waals surface area (Å²) in [5, 5.41) is 0. The molecule has 0 heterocycles. The lowest BCUT2D eigenvalue weighted by molar-refractivity contribution is -0.122. The average molecular weight is 230 g/mol. The molecule has 0 aromatic heterocycles. The number of allylic oxidation sites excluding steroid dienone is 1. The molecule has 0 unspecified atom stereocenters. The zero-order valence-corrected chi connectivity index (χ0v) is 10.4. The van der Waals surface area contributed by atoms with Gasteiger partial charge >= 0.3 is 0 Å². The number of hydrogen-bond acceptors (Lipinski definition) is 2. The van der Waals surface area contributed by atoms with E-state index in [0.717, 1.165) is 5.56 Å². The molecule has 0 saturated heterocycles. The molecule has 2 nitrogen and oxygen atoms in total. The fourth-order valence-corrected chi connectivity index (χ4v) is 1.39. The largest absolute Gasteiger partial charge is 0.300 e. The van der Waals surface area contributed by atoms with E-state index < -0.39 is 0 Å². The summed E-state index contributed by atoms with van der Waals surface area (Å²) in [5.74, 6) is 0.148.